The second-order valence-electron chi connectivity index (χ2n) is 10.4. The molecule has 220 valence electrons. The monoisotopic (exact) mass is 589 g/mol. The lowest BCUT2D eigenvalue weighted by atomic mass is 10.0. The molecule has 0 aromatic heterocycles. The number of amides is 2. The first-order valence-electron chi connectivity index (χ1n) is 13.9. The summed E-state index contributed by atoms with van der Waals surface area (Å²) in [5.74, 6) is -1.53. The van der Waals surface area contributed by atoms with Crippen LogP contribution in [0.2, 0.25) is 0 Å². The molecule has 4 aromatic rings. The molecule has 0 spiro atoms. The summed E-state index contributed by atoms with van der Waals surface area (Å²) in [6.07, 6.45) is 0.849. The fraction of sp³-hybridized carbons (Fsp3) is 0.273. The summed E-state index contributed by atoms with van der Waals surface area (Å²) in [6.45, 7) is 3.06. The van der Waals surface area contributed by atoms with E-state index in [1.165, 1.54) is 24.1 Å². The highest BCUT2D eigenvalue weighted by molar-refractivity contribution is 7.89. The molecule has 42 heavy (non-hydrogen) atoms. The fourth-order valence-electron chi connectivity index (χ4n) is 4.68. The molecule has 4 aromatic carbocycles. The van der Waals surface area contributed by atoms with Gasteiger partial charge >= 0.3 is 0 Å². The average Bonchev–Trinajstić information content (AvgIpc) is 2.99. The maximum Gasteiger partial charge on any atom is 0.243 e. The number of nitrogens with one attached hydrogen (secondary N) is 1. The number of rotatable bonds is 12. The van der Waals surface area contributed by atoms with E-state index in [9.17, 15) is 22.4 Å². The Morgan fingerprint density at radius 2 is 1.52 bits per heavy atom. The van der Waals surface area contributed by atoms with Crippen LogP contribution in [0.25, 0.3) is 10.8 Å². The van der Waals surface area contributed by atoms with Crippen molar-refractivity contribution >= 4 is 32.6 Å². The number of fused-ring (bicyclic) bond motifs is 1. The summed E-state index contributed by atoms with van der Waals surface area (Å²) in [5.41, 5.74) is 1.03. The van der Waals surface area contributed by atoms with Crippen LogP contribution in [0.4, 0.5) is 4.39 Å². The van der Waals surface area contributed by atoms with E-state index >= 15 is 0 Å². The second kappa shape index (κ2) is 13.7. The van der Waals surface area contributed by atoms with Gasteiger partial charge in [0.2, 0.25) is 21.8 Å². The van der Waals surface area contributed by atoms with Crippen LogP contribution in [-0.2, 0) is 32.6 Å². The predicted molar refractivity (Wildman–Crippen MR) is 163 cm³/mol. The van der Waals surface area contributed by atoms with Gasteiger partial charge < -0.3 is 10.2 Å². The third-order valence-corrected chi connectivity index (χ3v) is 9.16. The highest BCUT2D eigenvalue weighted by Gasteiger charge is 2.34. The molecule has 0 heterocycles. The van der Waals surface area contributed by atoms with E-state index in [1.54, 1.807) is 30.3 Å². The van der Waals surface area contributed by atoms with Gasteiger partial charge in [-0.2, -0.15) is 4.31 Å². The van der Waals surface area contributed by atoms with Crippen molar-refractivity contribution in [2.24, 2.45) is 0 Å². The van der Waals surface area contributed by atoms with Gasteiger partial charge in [-0.05, 0) is 47.9 Å². The highest BCUT2D eigenvalue weighted by atomic mass is 32.2. The van der Waals surface area contributed by atoms with Gasteiger partial charge in [0.15, 0.2) is 0 Å². The molecule has 0 radical (unpaired) electrons. The number of nitrogens with zero attached hydrogens (tertiary/aromatic N) is 2. The van der Waals surface area contributed by atoms with Crippen LogP contribution in [-0.4, -0.2) is 55.1 Å². The smallest absolute Gasteiger partial charge is 0.243 e. The molecule has 0 unspecified atom stereocenters. The Morgan fingerprint density at radius 1 is 0.881 bits per heavy atom. The molecule has 2 atom stereocenters. The quantitative estimate of drug-likeness (QED) is 0.248. The van der Waals surface area contributed by atoms with Crippen LogP contribution in [0.1, 0.15) is 31.4 Å². The number of likely N-dealkylation sites (N-methyl/N-ethyl adjacent to an activating group) is 1. The topological polar surface area (TPSA) is 86.8 Å². The lowest BCUT2D eigenvalue weighted by Crippen LogP contribution is -2.54. The van der Waals surface area contributed by atoms with Crippen LogP contribution >= 0.6 is 0 Å². The Hall–Kier alpha value is -4.08. The molecule has 9 heteroatoms. The number of benzene rings is 4. The van der Waals surface area contributed by atoms with Crippen LogP contribution in [0.3, 0.4) is 0 Å². The Morgan fingerprint density at radius 3 is 2.21 bits per heavy atom. The summed E-state index contributed by atoms with van der Waals surface area (Å²) in [7, 11) is -2.73. The number of carbonyl (C=O) groups is 2. The third-order valence-electron chi connectivity index (χ3n) is 7.36. The summed E-state index contributed by atoms with van der Waals surface area (Å²) < 4.78 is 42.9. The number of carbonyl (C=O) groups excluding carboxylic acids is 2. The molecule has 0 bridgehead atoms. The minimum absolute atomic E-state index is 0.0486. The summed E-state index contributed by atoms with van der Waals surface area (Å²) in [5, 5.41) is 4.60. The van der Waals surface area contributed by atoms with Gasteiger partial charge in [-0.25, -0.2) is 12.8 Å². The fourth-order valence-corrected chi connectivity index (χ4v) is 5.84. The first-order valence-corrected chi connectivity index (χ1v) is 15.4. The van der Waals surface area contributed by atoms with Crippen LogP contribution in [0, 0.1) is 5.82 Å². The van der Waals surface area contributed by atoms with Crippen molar-refractivity contribution in [1.82, 2.24) is 14.5 Å². The van der Waals surface area contributed by atoms with Crippen molar-refractivity contribution in [3.8, 4) is 0 Å². The average molecular weight is 590 g/mol. The zero-order valence-corrected chi connectivity index (χ0v) is 24.9. The van der Waals surface area contributed by atoms with Gasteiger partial charge in [-0.3, -0.25) is 9.59 Å². The first-order chi connectivity index (χ1) is 20.1. The molecule has 7 nitrogen and oxygen atoms in total. The van der Waals surface area contributed by atoms with Gasteiger partial charge in [0.05, 0.1) is 11.4 Å². The minimum Gasteiger partial charge on any atom is -0.352 e. The Labute approximate surface area is 247 Å². The van der Waals surface area contributed by atoms with Crippen LogP contribution in [0.5, 0.6) is 0 Å². The van der Waals surface area contributed by atoms with Crippen molar-refractivity contribution in [3.05, 3.63) is 114 Å². The molecular weight excluding hydrogens is 553 g/mol. The van der Waals surface area contributed by atoms with Gasteiger partial charge in [0, 0.05) is 31.6 Å². The minimum atomic E-state index is -4.06. The Balaban J connectivity index is 1.68. The number of hydrogen-bond acceptors (Lipinski definition) is 4. The van der Waals surface area contributed by atoms with Gasteiger partial charge in [0.25, 0.3) is 0 Å². The molecule has 1 N–H and O–H groups in total. The zero-order valence-electron chi connectivity index (χ0n) is 24.0. The predicted octanol–water partition coefficient (Wildman–Crippen LogP) is 5.15. The maximum absolute atomic E-state index is 14.8. The SMILES string of the molecule is CC[C@@H](C)NC(=O)[C@H](Cc1ccccc1)N(Cc1ccccc1F)C(=O)CN(C)S(=O)(=O)c1ccc2ccccc2c1. The molecule has 0 aliphatic heterocycles. The summed E-state index contributed by atoms with van der Waals surface area (Å²) in [6, 6.07) is 26.3. The van der Waals surface area contributed by atoms with E-state index in [0.717, 1.165) is 20.6 Å². The van der Waals surface area contributed by atoms with E-state index in [2.05, 4.69) is 5.32 Å². The number of sulfonamides is 1. The van der Waals surface area contributed by atoms with Crippen molar-refractivity contribution < 1.29 is 22.4 Å². The lowest BCUT2D eigenvalue weighted by molar-refractivity contribution is -0.141. The lowest BCUT2D eigenvalue weighted by Gasteiger charge is -2.33. The van der Waals surface area contributed by atoms with Crippen molar-refractivity contribution in [1.29, 1.82) is 0 Å². The summed E-state index contributed by atoms with van der Waals surface area (Å²) in [4.78, 5) is 28.9. The van der Waals surface area contributed by atoms with Crippen LogP contribution < -0.4 is 5.32 Å². The molecule has 0 saturated carbocycles. The molecule has 0 fully saturated rings. The normalized spacial score (nSPS) is 13.1. The maximum atomic E-state index is 14.8. The van der Waals surface area contributed by atoms with Gasteiger partial charge in [-0.15, -0.1) is 0 Å². The zero-order chi connectivity index (χ0) is 30.3. The third kappa shape index (κ3) is 7.40. The van der Waals surface area contributed by atoms with Crippen molar-refractivity contribution in [2.75, 3.05) is 13.6 Å². The van der Waals surface area contributed by atoms with Crippen LogP contribution in [0.15, 0.2) is 102 Å². The largest absolute Gasteiger partial charge is 0.352 e. The van der Waals surface area contributed by atoms with E-state index in [1.807, 2.05) is 68.4 Å². The second-order valence-corrected chi connectivity index (χ2v) is 12.5. The van der Waals surface area contributed by atoms with Gasteiger partial charge in [-0.1, -0.05) is 85.8 Å². The number of hydrogen-bond donors (Lipinski definition) is 1. The van der Waals surface area contributed by atoms with Crippen molar-refractivity contribution in [3.63, 3.8) is 0 Å². The molecule has 0 aliphatic rings. The van der Waals surface area contributed by atoms with E-state index in [4.69, 9.17) is 0 Å². The van der Waals surface area contributed by atoms with E-state index in [-0.39, 0.29) is 29.5 Å². The molecular formula is C33H36FN3O4S. The Bertz CT molecular complexity index is 1650. The molecule has 2 amide bonds. The first kappa shape index (κ1) is 30.9. The van der Waals surface area contributed by atoms with E-state index in [0.29, 0.717) is 6.42 Å². The van der Waals surface area contributed by atoms with Gasteiger partial charge in [0.1, 0.15) is 11.9 Å². The molecule has 0 aliphatic carbocycles. The number of halogens is 1. The molecule has 0 saturated heterocycles. The highest BCUT2D eigenvalue weighted by Crippen LogP contribution is 2.23. The van der Waals surface area contributed by atoms with Crippen molar-refractivity contribution in [2.45, 2.75) is 50.2 Å². The Kier molecular flexibility index (Phi) is 10.1. The summed E-state index contributed by atoms with van der Waals surface area (Å²) >= 11 is 0. The standard InChI is InChI=1S/C33H36FN3O4S/c1-4-24(2)35-33(39)31(20-25-12-6-5-7-13-25)37(22-28-16-10-11-17-30(28)34)32(38)23-36(3)42(40,41)29-19-18-26-14-8-9-15-27(26)21-29/h5-19,21,24,31H,4,20,22-23H2,1-3H3,(H,35,39)/t24-,31+/m1/s1. The van der Waals surface area contributed by atoms with E-state index < -0.39 is 40.2 Å². The molecule has 4 rings (SSSR count).